The van der Waals surface area contributed by atoms with Gasteiger partial charge in [0.25, 0.3) is 17.5 Å². The minimum atomic E-state index is -0.635. The van der Waals surface area contributed by atoms with Gasteiger partial charge in [-0.25, -0.2) is 0 Å². The van der Waals surface area contributed by atoms with Gasteiger partial charge < -0.3 is 9.64 Å². The van der Waals surface area contributed by atoms with Gasteiger partial charge >= 0.3 is 0 Å². The van der Waals surface area contributed by atoms with Crippen LogP contribution in [0.15, 0.2) is 48.5 Å². The second kappa shape index (κ2) is 8.28. The normalized spacial score (nSPS) is 13.7. The van der Waals surface area contributed by atoms with Crippen molar-refractivity contribution in [2.24, 2.45) is 0 Å². The van der Waals surface area contributed by atoms with Gasteiger partial charge in [0.1, 0.15) is 0 Å². The smallest absolute Gasteiger partial charge is 0.272 e. The average molecular weight is 370 g/mol. The van der Waals surface area contributed by atoms with Crippen LogP contribution in [0.5, 0.6) is 0 Å². The van der Waals surface area contributed by atoms with E-state index in [1.54, 1.807) is 30.3 Å². The Kier molecular flexibility index (Phi) is 5.62. The number of nitro groups is 1. The number of nitro benzene ring substituents is 1. The number of hydrogen-bond acceptors (Lipinski definition) is 6. The molecule has 0 saturated carbocycles. The molecule has 0 unspecified atom stereocenters. The summed E-state index contributed by atoms with van der Waals surface area (Å²) >= 11 is 0. The molecule has 0 aromatic heterocycles. The lowest BCUT2D eigenvalue weighted by Gasteiger charge is -2.30. The molecule has 27 heavy (non-hydrogen) atoms. The van der Waals surface area contributed by atoms with Gasteiger partial charge in [-0.3, -0.25) is 30.6 Å². The van der Waals surface area contributed by atoms with Crippen molar-refractivity contribution in [2.75, 3.05) is 31.2 Å². The van der Waals surface area contributed by atoms with Crippen LogP contribution in [0.4, 0.5) is 11.4 Å². The highest BCUT2D eigenvalue weighted by Gasteiger charge is 2.22. The molecule has 140 valence electrons. The molecular weight excluding hydrogens is 352 g/mol. The summed E-state index contributed by atoms with van der Waals surface area (Å²) in [6, 6.07) is 12.5. The number of carbonyl (C=O) groups excluding carboxylic acids is 2. The monoisotopic (exact) mass is 370 g/mol. The van der Waals surface area contributed by atoms with Crippen molar-refractivity contribution in [3.05, 3.63) is 69.8 Å². The number of hydrazine groups is 1. The maximum atomic E-state index is 12.6. The minimum absolute atomic E-state index is 0.111. The van der Waals surface area contributed by atoms with Crippen molar-refractivity contribution in [2.45, 2.75) is 0 Å². The van der Waals surface area contributed by atoms with E-state index in [9.17, 15) is 19.7 Å². The van der Waals surface area contributed by atoms with Crippen LogP contribution >= 0.6 is 0 Å². The first kappa shape index (κ1) is 18.3. The molecule has 9 nitrogen and oxygen atoms in total. The van der Waals surface area contributed by atoms with Crippen molar-refractivity contribution >= 4 is 23.2 Å². The van der Waals surface area contributed by atoms with Crippen LogP contribution in [0.2, 0.25) is 0 Å². The van der Waals surface area contributed by atoms with Gasteiger partial charge in [-0.15, -0.1) is 0 Å². The summed E-state index contributed by atoms with van der Waals surface area (Å²) in [6.07, 6.45) is 0. The molecule has 2 amide bonds. The summed E-state index contributed by atoms with van der Waals surface area (Å²) in [5, 5.41) is 11.1. The molecule has 2 aromatic carbocycles. The number of nitrogens with one attached hydrogen (secondary N) is 2. The molecule has 3 rings (SSSR count). The first-order valence-electron chi connectivity index (χ1n) is 8.33. The number of ether oxygens (including phenoxy) is 1. The number of carbonyl (C=O) groups is 2. The second-order valence-corrected chi connectivity index (χ2v) is 5.83. The summed E-state index contributed by atoms with van der Waals surface area (Å²) in [7, 11) is 0. The molecule has 1 aliphatic heterocycles. The van der Waals surface area contributed by atoms with Crippen molar-refractivity contribution in [1.29, 1.82) is 0 Å². The highest BCUT2D eigenvalue weighted by molar-refractivity contribution is 6.02. The number of anilines is 1. The number of benzene rings is 2. The Bertz CT molecular complexity index is 850. The van der Waals surface area contributed by atoms with Gasteiger partial charge in [-0.05, 0) is 18.2 Å². The van der Waals surface area contributed by atoms with Gasteiger partial charge in [0, 0.05) is 30.8 Å². The lowest BCUT2D eigenvalue weighted by Crippen LogP contribution is -2.43. The molecule has 1 saturated heterocycles. The van der Waals surface area contributed by atoms with Crippen molar-refractivity contribution in [1.82, 2.24) is 10.9 Å². The number of rotatable bonds is 4. The highest BCUT2D eigenvalue weighted by Crippen LogP contribution is 2.26. The Morgan fingerprint density at radius 1 is 1.00 bits per heavy atom. The van der Waals surface area contributed by atoms with Crippen LogP contribution in [-0.4, -0.2) is 43.0 Å². The van der Waals surface area contributed by atoms with Gasteiger partial charge in [0.05, 0.1) is 29.4 Å². The Morgan fingerprint density at radius 3 is 2.33 bits per heavy atom. The third-order valence-electron chi connectivity index (χ3n) is 4.11. The van der Waals surface area contributed by atoms with Gasteiger partial charge in [-0.1, -0.05) is 18.2 Å². The summed E-state index contributed by atoms with van der Waals surface area (Å²) in [5.41, 5.74) is 5.49. The molecule has 0 radical (unpaired) electrons. The number of hydrogen-bond donors (Lipinski definition) is 2. The van der Waals surface area contributed by atoms with Gasteiger partial charge in [-0.2, -0.15) is 0 Å². The molecule has 2 aromatic rings. The number of non-ortho nitro benzene ring substituents is 1. The fourth-order valence-electron chi connectivity index (χ4n) is 2.74. The molecule has 0 atom stereocenters. The van der Waals surface area contributed by atoms with Gasteiger partial charge in [0.15, 0.2) is 0 Å². The number of nitrogens with zero attached hydrogens (tertiary/aromatic N) is 2. The quantitative estimate of drug-likeness (QED) is 0.623. The first-order valence-corrected chi connectivity index (χ1v) is 8.33. The van der Waals surface area contributed by atoms with Crippen molar-refractivity contribution < 1.29 is 19.2 Å². The minimum Gasteiger partial charge on any atom is -0.378 e. The molecule has 1 heterocycles. The molecule has 1 fully saturated rings. The molecule has 0 bridgehead atoms. The zero-order valence-corrected chi connectivity index (χ0v) is 14.4. The highest BCUT2D eigenvalue weighted by atomic mass is 16.6. The second-order valence-electron chi connectivity index (χ2n) is 5.83. The topological polar surface area (TPSA) is 114 Å². The van der Waals surface area contributed by atoms with E-state index in [2.05, 4.69) is 10.9 Å². The molecule has 0 spiro atoms. The van der Waals surface area contributed by atoms with Crippen LogP contribution in [0.3, 0.4) is 0 Å². The standard InChI is InChI=1S/C18H18N4O5/c23-17(13-4-2-1-3-5-13)19-20-18(24)15-12-14(22(25)26)6-7-16(15)21-8-10-27-11-9-21/h1-7,12H,8-11H2,(H,19,23)(H,20,24). The predicted molar refractivity (Wildman–Crippen MR) is 97.5 cm³/mol. The summed E-state index contributed by atoms with van der Waals surface area (Å²) in [5.74, 6) is -1.12. The maximum Gasteiger partial charge on any atom is 0.272 e. The largest absolute Gasteiger partial charge is 0.378 e. The van der Waals surface area contributed by atoms with Gasteiger partial charge in [0.2, 0.25) is 0 Å². The Balaban J connectivity index is 1.79. The fraction of sp³-hybridized carbons (Fsp3) is 0.222. The summed E-state index contributed by atoms with van der Waals surface area (Å²) in [4.78, 5) is 37.1. The van der Waals surface area contributed by atoms with Crippen LogP contribution in [-0.2, 0) is 4.74 Å². The molecule has 2 N–H and O–H groups in total. The zero-order valence-electron chi connectivity index (χ0n) is 14.4. The van der Waals surface area contributed by atoms with Crippen LogP contribution in [0.25, 0.3) is 0 Å². The molecule has 1 aliphatic rings. The van der Waals surface area contributed by atoms with E-state index in [-0.39, 0.29) is 11.3 Å². The van der Waals surface area contributed by atoms with Crippen LogP contribution in [0.1, 0.15) is 20.7 Å². The van der Waals surface area contributed by atoms with Crippen molar-refractivity contribution in [3.8, 4) is 0 Å². The molecular formula is C18H18N4O5. The number of amides is 2. The lowest BCUT2D eigenvalue weighted by atomic mass is 10.1. The zero-order chi connectivity index (χ0) is 19.2. The third kappa shape index (κ3) is 4.39. The fourth-order valence-corrected chi connectivity index (χ4v) is 2.74. The van der Waals surface area contributed by atoms with E-state index in [0.29, 0.717) is 37.6 Å². The maximum absolute atomic E-state index is 12.6. The van der Waals surface area contributed by atoms with E-state index >= 15 is 0 Å². The van der Waals surface area contributed by atoms with Crippen molar-refractivity contribution in [3.63, 3.8) is 0 Å². The van der Waals surface area contributed by atoms with E-state index < -0.39 is 16.7 Å². The predicted octanol–water partition coefficient (Wildman–Crippen LogP) is 1.51. The third-order valence-corrected chi connectivity index (χ3v) is 4.11. The van der Waals surface area contributed by atoms with Crippen LogP contribution < -0.4 is 15.8 Å². The Hall–Kier alpha value is -3.46. The lowest BCUT2D eigenvalue weighted by molar-refractivity contribution is -0.384. The number of morpholine rings is 1. The Morgan fingerprint density at radius 2 is 1.67 bits per heavy atom. The van der Waals surface area contributed by atoms with E-state index in [0.717, 1.165) is 0 Å². The summed E-state index contributed by atoms with van der Waals surface area (Å²) in [6.45, 7) is 2.13. The first-order chi connectivity index (χ1) is 13.1. The molecule has 0 aliphatic carbocycles. The Labute approximate surface area is 155 Å². The van der Waals surface area contributed by atoms with Crippen LogP contribution in [0, 0.1) is 10.1 Å². The van der Waals surface area contributed by atoms with E-state index in [4.69, 9.17) is 4.74 Å². The summed E-state index contributed by atoms with van der Waals surface area (Å²) < 4.78 is 5.30. The SMILES string of the molecule is O=C(NNC(=O)c1cc([N+](=O)[O-])ccc1N1CCOCC1)c1ccccc1. The van der Waals surface area contributed by atoms with E-state index in [1.165, 1.54) is 18.2 Å². The molecule has 9 heteroatoms. The average Bonchev–Trinajstić information content (AvgIpc) is 2.72. The van der Waals surface area contributed by atoms with E-state index in [1.807, 2.05) is 4.90 Å².